The molecule has 112 valence electrons. The zero-order chi connectivity index (χ0) is 15.5. The third kappa shape index (κ3) is 3.07. The summed E-state index contributed by atoms with van der Waals surface area (Å²) in [6.07, 6.45) is 5.50. The van der Waals surface area contributed by atoms with Crippen LogP contribution in [0.1, 0.15) is 29.2 Å². The van der Waals surface area contributed by atoms with E-state index in [0.29, 0.717) is 5.02 Å². The van der Waals surface area contributed by atoms with Crippen LogP contribution in [-0.4, -0.2) is 17.9 Å². The van der Waals surface area contributed by atoms with Crippen molar-refractivity contribution in [1.29, 1.82) is 0 Å². The molecule has 0 aliphatic heterocycles. The number of likely N-dealkylation sites (N-methyl/N-ethyl adjacent to an activating group) is 1. The number of carbonyl (C=O) groups is 1. The zero-order valence-corrected chi connectivity index (χ0v) is 13.3. The van der Waals surface area contributed by atoms with Gasteiger partial charge in [0, 0.05) is 18.1 Å². The molecule has 0 radical (unpaired) electrons. The maximum Gasteiger partial charge on any atom is 0.246 e. The summed E-state index contributed by atoms with van der Waals surface area (Å²) in [4.78, 5) is 14.2. The molecule has 0 fully saturated rings. The van der Waals surface area contributed by atoms with E-state index in [1.165, 1.54) is 11.1 Å². The Bertz CT molecular complexity index is 706. The summed E-state index contributed by atoms with van der Waals surface area (Å²) in [7, 11) is 1.88. The second-order valence-electron chi connectivity index (χ2n) is 5.59. The lowest BCUT2D eigenvalue weighted by Gasteiger charge is -2.24. The highest BCUT2D eigenvalue weighted by Gasteiger charge is 2.27. The Morgan fingerprint density at radius 3 is 2.68 bits per heavy atom. The molecular formula is C19H18ClNO. The molecule has 1 amide bonds. The average molecular weight is 312 g/mol. The van der Waals surface area contributed by atoms with Crippen LogP contribution in [0.25, 0.3) is 6.08 Å². The van der Waals surface area contributed by atoms with Gasteiger partial charge in [-0.05, 0) is 47.7 Å². The van der Waals surface area contributed by atoms with E-state index in [4.69, 9.17) is 11.6 Å². The topological polar surface area (TPSA) is 20.3 Å². The largest absolute Gasteiger partial charge is 0.335 e. The minimum Gasteiger partial charge on any atom is -0.335 e. The number of hydrogen-bond acceptors (Lipinski definition) is 1. The number of amides is 1. The first kappa shape index (κ1) is 14.9. The summed E-state index contributed by atoms with van der Waals surface area (Å²) in [6, 6.07) is 16.0. The summed E-state index contributed by atoms with van der Waals surface area (Å²) >= 11 is 5.86. The standard InChI is InChI=1S/C19H18ClNO/c1-21(18-12-9-15-4-2-3-5-17(15)18)19(22)13-8-14-6-10-16(20)11-7-14/h2-8,10-11,13,18H,9,12H2,1H3/b13-8+. The van der Waals surface area contributed by atoms with E-state index in [-0.39, 0.29) is 11.9 Å². The number of nitrogens with zero attached hydrogens (tertiary/aromatic N) is 1. The molecule has 2 nitrogen and oxygen atoms in total. The minimum atomic E-state index is 0.0247. The molecule has 0 saturated heterocycles. The quantitative estimate of drug-likeness (QED) is 0.764. The van der Waals surface area contributed by atoms with E-state index in [9.17, 15) is 4.79 Å². The first-order valence-electron chi connectivity index (χ1n) is 7.43. The third-order valence-electron chi connectivity index (χ3n) is 4.20. The van der Waals surface area contributed by atoms with Gasteiger partial charge >= 0.3 is 0 Å². The summed E-state index contributed by atoms with van der Waals surface area (Å²) in [6.45, 7) is 0. The van der Waals surface area contributed by atoms with E-state index in [2.05, 4.69) is 18.2 Å². The molecule has 1 atom stereocenters. The third-order valence-corrected chi connectivity index (χ3v) is 4.46. The van der Waals surface area contributed by atoms with Crippen molar-refractivity contribution < 1.29 is 4.79 Å². The number of benzene rings is 2. The second kappa shape index (κ2) is 6.37. The molecule has 3 rings (SSSR count). The summed E-state index contributed by atoms with van der Waals surface area (Å²) in [5, 5.41) is 0.697. The van der Waals surface area contributed by atoms with Crippen LogP contribution in [0.15, 0.2) is 54.6 Å². The van der Waals surface area contributed by atoms with Crippen LogP contribution in [0.4, 0.5) is 0 Å². The Labute approximate surface area is 136 Å². The zero-order valence-electron chi connectivity index (χ0n) is 12.5. The van der Waals surface area contributed by atoms with E-state index in [0.717, 1.165) is 18.4 Å². The molecule has 0 aromatic heterocycles. The Hall–Kier alpha value is -2.06. The average Bonchev–Trinajstić information content (AvgIpc) is 2.97. The first-order valence-corrected chi connectivity index (χ1v) is 7.81. The SMILES string of the molecule is CN(C(=O)/C=C/c1ccc(Cl)cc1)C1CCc2ccccc21. The maximum absolute atomic E-state index is 12.4. The number of halogens is 1. The Morgan fingerprint density at radius 2 is 1.91 bits per heavy atom. The van der Waals surface area contributed by atoms with Crippen molar-refractivity contribution in [2.24, 2.45) is 0 Å². The lowest BCUT2D eigenvalue weighted by Crippen LogP contribution is -2.28. The predicted octanol–water partition coefficient (Wildman–Crippen LogP) is 4.50. The van der Waals surface area contributed by atoms with Crippen LogP contribution in [-0.2, 0) is 11.2 Å². The lowest BCUT2D eigenvalue weighted by atomic mass is 10.1. The Balaban J connectivity index is 1.71. The van der Waals surface area contributed by atoms with E-state index in [1.807, 2.05) is 48.4 Å². The van der Waals surface area contributed by atoms with Gasteiger partial charge in [0.2, 0.25) is 5.91 Å². The van der Waals surface area contributed by atoms with Gasteiger partial charge in [0.05, 0.1) is 6.04 Å². The van der Waals surface area contributed by atoms with Gasteiger partial charge < -0.3 is 4.90 Å². The summed E-state index contributed by atoms with van der Waals surface area (Å²) < 4.78 is 0. The molecule has 0 spiro atoms. The molecule has 0 heterocycles. The predicted molar refractivity (Wildman–Crippen MR) is 90.8 cm³/mol. The number of rotatable bonds is 3. The van der Waals surface area contributed by atoms with Crippen molar-refractivity contribution in [1.82, 2.24) is 4.90 Å². The van der Waals surface area contributed by atoms with Gasteiger partial charge in [-0.1, -0.05) is 48.0 Å². The number of fused-ring (bicyclic) bond motifs is 1. The van der Waals surface area contributed by atoms with Gasteiger partial charge in [-0.25, -0.2) is 0 Å². The van der Waals surface area contributed by atoms with Crippen molar-refractivity contribution in [2.75, 3.05) is 7.05 Å². The molecule has 2 aromatic rings. The summed E-state index contributed by atoms with van der Waals surface area (Å²) in [5.41, 5.74) is 3.60. The van der Waals surface area contributed by atoms with Crippen LogP contribution in [0, 0.1) is 0 Å². The van der Waals surface area contributed by atoms with Crippen molar-refractivity contribution in [2.45, 2.75) is 18.9 Å². The molecule has 2 aromatic carbocycles. The van der Waals surface area contributed by atoms with Crippen molar-refractivity contribution >= 4 is 23.6 Å². The Morgan fingerprint density at radius 1 is 1.18 bits per heavy atom. The molecule has 1 unspecified atom stereocenters. The smallest absolute Gasteiger partial charge is 0.246 e. The van der Waals surface area contributed by atoms with Crippen LogP contribution in [0.3, 0.4) is 0 Å². The van der Waals surface area contributed by atoms with Crippen LogP contribution in [0.5, 0.6) is 0 Å². The highest BCUT2D eigenvalue weighted by molar-refractivity contribution is 6.30. The molecule has 1 aliphatic rings. The van der Waals surface area contributed by atoms with Crippen LogP contribution >= 0.6 is 11.6 Å². The number of aryl methyl sites for hydroxylation is 1. The molecule has 3 heteroatoms. The van der Waals surface area contributed by atoms with Crippen molar-refractivity contribution in [3.05, 3.63) is 76.3 Å². The van der Waals surface area contributed by atoms with Crippen molar-refractivity contribution in [3.8, 4) is 0 Å². The Kier molecular flexibility index (Phi) is 4.30. The van der Waals surface area contributed by atoms with Gasteiger partial charge in [0.1, 0.15) is 0 Å². The number of carbonyl (C=O) groups excluding carboxylic acids is 1. The van der Waals surface area contributed by atoms with Gasteiger partial charge in [0.15, 0.2) is 0 Å². The molecule has 22 heavy (non-hydrogen) atoms. The fourth-order valence-electron chi connectivity index (χ4n) is 2.95. The highest BCUT2D eigenvalue weighted by Crippen LogP contribution is 2.34. The molecule has 0 N–H and O–H groups in total. The highest BCUT2D eigenvalue weighted by atomic mass is 35.5. The first-order chi connectivity index (χ1) is 10.6. The second-order valence-corrected chi connectivity index (χ2v) is 6.02. The summed E-state index contributed by atoms with van der Waals surface area (Å²) in [5.74, 6) is 0.0247. The molecular weight excluding hydrogens is 294 g/mol. The normalized spacial score (nSPS) is 16.7. The van der Waals surface area contributed by atoms with E-state index < -0.39 is 0 Å². The van der Waals surface area contributed by atoms with Crippen LogP contribution < -0.4 is 0 Å². The maximum atomic E-state index is 12.4. The molecule has 0 saturated carbocycles. The molecule has 0 bridgehead atoms. The minimum absolute atomic E-state index is 0.0247. The van der Waals surface area contributed by atoms with Gasteiger partial charge in [-0.3, -0.25) is 4.79 Å². The van der Waals surface area contributed by atoms with Crippen molar-refractivity contribution in [3.63, 3.8) is 0 Å². The van der Waals surface area contributed by atoms with Gasteiger partial charge in [0.25, 0.3) is 0 Å². The van der Waals surface area contributed by atoms with Crippen LogP contribution in [0.2, 0.25) is 5.02 Å². The van der Waals surface area contributed by atoms with E-state index >= 15 is 0 Å². The molecule has 1 aliphatic carbocycles. The fourth-order valence-corrected chi connectivity index (χ4v) is 3.08. The fraction of sp³-hybridized carbons (Fsp3) is 0.211. The number of hydrogen-bond donors (Lipinski definition) is 0. The lowest BCUT2D eigenvalue weighted by molar-refractivity contribution is -0.126. The monoisotopic (exact) mass is 311 g/mol. The van der Waals surface area contributed by atoms with Gasteiger partial charge in [-0.2, -0.15) is 0 Å². The van der Waals surface area contributed by atoms with Gasteiger partial charge in [-0.15, -0.1) is 0 Å². The van der Waals surface area contributed by atoms with E-state index in [1.54, 1.807) is 6.08 Å².